The van der Waals surface area contributed by atoms with Crippen LogP contribution >= 0.6 is 15.9 Å². The Labute approximate surface area is 149 Å². The van der Waals surface area contributed by atoms with E-state index in [1.54, 1.807) is 18.5 Å². The van der Waals surface area contributed by atoms with E-state index in [2.05, 4.69) is 31.1 Å². The van der Waals surface area contributed by atoms with Gasteiger partial charge >= 0.3 is 0 Å². The maximum absolute atomic E-state index is 13.8. The molecule has 1 atom stereocenters. The van der Waals surface area contributed by atoms with E-state index in [1.165, 1.54) is 6.07 Å². The van der Waals surface area contributed by atoms with Gasteiger partial charge in [-0.2, -0.15) is 0 Å². The lowest BCUT2D eigenvalue weighted by Crippen LogP contribution is -2.36. The molecule has 2 aromatic rings. The monoisotopic (exact) mass is 393 g/mol. The van der Waals surface area contributed by atoms with Crippen molar-refractivity contribution in [3.8, 4) is 0 Å². The van der Waals surface area contributed by atoms with E-state index in [-0.39, 0.29) is 18.0 Å². The van der Waals surface area contributed by atoms with Gasteiger partial charge in [-0.25, -0.2) is 4.39 Å². The Kier molecular flexibility index (Phi) is 5.36. The van der Waals surface area contributed by atoms with E-state index in [4.69, 9.17) is 0 Å². The number of benzene rings is 1. The van der Waals surface area contributed by atoms with Crippen molar-refractivity contribution in [3.63, 3.8) is 0 Å². The van der Waals surface area contributed by atoms with E-state index < -0.39 is 0 Å². The summed E-state index contributed by atoms with van der Waals surface area (Å²) in [5.41, 5.74) is 2.80. The Morgan fingerprint density at radius 3 is 2.75 bits per heavy atom. The van der Waals surface area contributed by atoms with E-state index in [0.29, 0.717) is 0 Å². The molecular weight excluding hydrogens is 373 g/mol. The van der Waals surface area contributed by atoms with Crippen LogP contribution in [0.15, 0.2) is 41.1 Å². The summed E-state index contributed by atoms with van der Waals surface area (Å²) in [6, 6.07) is 6.79. The minimum absolute atomic E-state index is 0.0707. The van der Waals surface area contributed by atoms with Gasteiger partial charge in [0, 0.05) is 35.0 Å². The minimum Gasteiger partial charge on any atom is -0.393 e. The molecule has 128 valence electrons. The largest absolute Gasteiger partial charge is 0.393 e. The molecule has 1 unspecified atom stereocenters. The lowest BCUT2D eigenvalue weighted by molar-refractivity contribution is 0.145. The number of aromatic nitrogens is 1. The van der Waals surface area contributed by atoms with E-state index in [9.17, 15) is 9.50 Å². The topological polar surface area (TPSA) is 48.4 Å². The van der Waals surface area contributed by atoms with Crippen LogP contribution in [0.5, 0.6) is 0 Å². The Balaban J connectivity index is 1.84. The second-order valence-corrected chi connectivity index (χ2v) is 7.09. The van der Waals surface area contributed by atoms with Gasteiger partial charge in [-0.15, -0.1) is 0 Å². The van der Waals surface area contributed by atoms with Crippen LogP contribution < -0.4 is 10.2 Å². The quantitative estimate of drug-likeness (QED) is 0.819. The van der Waals surface area contributed by atoms with Gasteiger partial charge < -0.3 is 15.3 Å². The SMILES string of the molecule is CC(Nc1cncc(Br)c1)c1cc(F)ccc1N1CCC(O)CC1. The summed E-state index contributed by atoms with van der Waals surface area (Å²) < 4.78 is 14.7. The molecule has 2 N–H and O–H groups in total. The third-order valence-electron chi connectivity index (χ3n) is 4.35. The predicted molar refractivity (Wildman–Crippen MR) is 97.8 cm³/mol. The number of anilines is 2. The second kappa shape index (κ2) is 7.49. The first-order valence-electron chi connectivity index (χ1n) is 8.12. The van der Waals surface area contributed by atoms with Crippen LogP contribution in [0.3, 0.4) is 0 Å². The molecule has 0 radical (unpaired) electrons. The van der Waals surface area contributed by atoms with Crippen LogP contribution in [-0.2, 0) is 0 Å². The molecule has 1 saturated heterocycles. The molecule has 0 amide bonds. The first kappa shape index (κ1) is 17.2. The number of nitrogens with one attached hydrogen (secondary N) is 1. The third kappa shape index (κ3) is 4.05. The molecule has 0 aliphatic carbocycles. The molecule has 1 aromatic heterocycles. The molecule has 1 fully saturated rings. The Hall–Kier alpha value is -1.66. The number of hydrogen-bond donors (Lipinski definition) is 2. The standard InChI is InChI=1S/C18H21BrFN3O/c1-12(22-15-8-13(19)10-21-11-15)17-9-14(20)2-3-18(17)23-6-4-16(24)5-7-23/h2-3,8-12,16,22,24H,4-7H2,1H3. The van der Waals surface area contributed by atoms with Crippen molar-refractivity contribution < 1.29 is 9.50 Å². The summed E-state index contributed by atoms with van der Waals surface area (Å²) in [6.45, 7) is 3.58. The van der Waals surface area contributed by atoms with Crippen LogP contribution in [0.4, 0.5) is 15.8 Å². The van der Waals surface area contributed by atoms with Crippen molar-refractivity contribution in [3.05, 3.63) is 52.5 Å². The van der Waals surface area contributed by atoms with Gasteiger partial charge in [-0.3, -0.25) is 4.98 Å². The van der Waals surface area contributed by atoms with E-state index >= 15 is 0 Å². The molecule has 3 rings (SSSR count). The van der Waals surface area contributed by atoms with E-state index in [0.717, 1.165) is 47.3 Å². The highest BCUT2D eigenvalue weighted by atomic mass is 79.9. The van der Waals surface area contributed by atoms with Crippen molar-refractivity contribution in [2.45, 2.75) is 31.9 Å². The number of nitrogens with zero attached hydrogens (tertiary/aromatic N) is 2. The summed E-state index contributed by atoms with van der Waals surface area (Å²) in [7, 11) is 0. The molecule has 0 saturated carbocycles. The molecule has 4 nitrogen and oxygen atoms in total. The highest BCUT2D eigenvalue weighted by molar-refractivity contribution is 9.10. The summed E-state index contributed by atoms with van der Waals surface area (Å²) >= 11 is 3.41. The fraction of sp³-hybridized carbons (Fsp3) is 0.389. The average Bonchev–Trinajstić information content (AvgIpc) is 2.56. The predicted octanol–water partition coefficient (Wildman–Crippen LogP) is 4.12. The van der Waals surface area contributed by atoms with Gasteiger partial charge in [0.1, 0.15) is 5.82 Å². The smallest absolute Gasteiger partial charge is 0.123 e. The fourth-order valence-corrected chi connectivity index (χ4v) is 3.45. The zero-order valence-electron chi connectivity index (χ0n) is 13.5. The van der Waals surface area contributed by atoms with Gasteiger partial charge in [-0.1, -0.05) is 0 Å². The van der Waals surface area contributed by atoms with Crippen molar-refractivity contribution in [1.29, 1.82) is 0 Å². The normalized spacial score (nSPS) is 16.9. The highest BCUT2D eigenvalue weighted by Crippen LogP contribution is 2.31. The van der Waals surface area contributed by atoms with Gasteiger partial charge in [0.25, 0.3) is 0 Å². The summed E-state index contributed by atoms with van der Waals surface area (Å²) in [6.07, 6.45) is 4.73. The summed E-state index contributed by atoms with van der Waals surface area (Å²) in [5.74, 6) is -0.244. The van der Waals surface area contributed by atoms with Crippen LogP contribution in [0.25, 0.3) is 0 Å². The maximum Gasteiger partial charge on any atom is 0.123 e. The minimum atomic E-state index is -0.244. The number of rotatable bonds is 4. The first-order valence-corrected chi connectivity index (χ1v) is 8.92. The molecule has 1 aromatic carbocycles. The molecule has 0 spiro atoms. The molecule has 6 heteroatoms. The van der Waals surface area contributed by atoms with Gasteiger partial charge in [0.2, 0.25) is 0 Å². The number of halogens is 2. The zero-order chi connectivity index (χ0) is 17.1. The van der Waals surface area contributed by atoms with Crippen LogP contribution in [0, 0.1) is 5.82 Å². The molecule has 1 aliphatic heterocycles. The third-order valence-corrected chi connectivity index (χ3v) is 4.78. The lowest BCUT2D eigenvalue weighted by Gasteiger charge is -2.34. The molecular formula is C18H21BrFN3O. The van der Waals surface area contributed by atoms with E-state index in [1.807, 2.05) is 19.1 Å². The highest BCUT2D eigenvalue weighted by Gasteiger charge is 2.21. The lowest BCUT2D eigenvalue weighted by atomic mass is 10.0. The van der Waals surface area contributed by atoms with Crippen molar-refractivity contribution in [1.82, 2.24) is 4.98 Å². The molecule has 0 bridgehead atoms. The number of pyridine rings is 1. The van der Waals surface area contributed by atoms with Crippen molar-refractivity contribution in [2.75, 3.05) is 23.3 Å². The molecule has 24 heavy (non-hydrogen) atoms. The number of aliphatic hydroxyl groups is 1. The Morgan fingerprint density at radius 2 is 2.04 bits per heavy atom. The maximum atomic E-state index is 13.8. The Morgan fingerprint density at radius 1 is 1.29 bits per heavy atom. The number of hydrogen-bond acceptors (Lipinski definition) is 4. The van der Waals surface area contributed by atoms with Gasteiger partial charge in [0.05, 0.1) is 24.0 Å². The zero-order valence-corrected chi connectivity index (χ0v) is 15.1. The van der Waals surface area contributed by atoms with Crippen LogP contribution in [-0.4, -0.2) is 29.3 Å². The number of piperidine rings is 1. The van der Waals surface area contributed by atoms with Gasteiger partial charge in [-0.05, 0) is 60.0 Å². The average molecular weight is 394 g/mol. The molecule has 1 aliphatic rings. The van der Waals surface area contributed by atoms with Gasteiger partial charge in [0.15, 0.2) is 0 Å². The van der Waals surface area contributed by atoms with Crippen LogP contribution in [0.2, 0.25) is 0 Å². The van der Waals surface area contributed by atoms with Crippen molar-refractivity contribution >= 4 is 27.3 Å². The first-order chi connectivity index (χ1) is 11.5. The second-order valence-electron chi connectivity index (χ2n) is 6.18. The number of aliphatic hydroxyl groups excluding tert-OH is 1. The molecule has 2 heterocycles. The Bertz CT molecular complexity index is 704. The summed E-state index contributed by atoms with van der Waals surface area (Å²) in [5, 5.41) is 13.1. The summed E-state index contributed by atoms with van der Waals surface area (Å²) in [4.78, 5) is 6.37. The van der Waals surface area contributed by atoms with Crippen molar-refractivity contribution in [2.24, 2.45) is 0 Å². The fourth-order valence-electron chi connectivity index (χ4n) is 3.09. The van der Waals surface area contributed by atoms with Crippen LogP contribution in [0.1, 0.15) is 31.4 Å².